The average Bonchev–Trinajstić information content (AvgIpc) is 3.19. The van der Waals surface area contributed by atoms with Crippen molar-refractivity contribution in [3.05, 3.63) is 82.5 Å². The fourth-order valence-electron chi connectivity index (χ4n) is 4.72. The van der Waals surface area contributed by atoms with Crippen LogP contribution in [0.4, 0.5) is 10.1 Å². The fourth-order valence-corrected chi connectivity index (χ4v) is 4.72. The van der Waals surface area contributed by atoms with Crippen LogP contribution in [0.15, 0.2) is 65.5 Å². The van der Waals surface area contributed by atoms with E-state index in [0.717, 1.165) is 55.9 Å². The number of hydrogen-bond donors (Lipinski definition) is 0. The van der Waals surface area contributed by atoms with Gasteiger partial charge in [-0.2, -0.15) is 0 Å². The van der Waals surface area contributed by atoms with Crippen molar-refractivity contribution in [1.29, 1.82) is 0 Å². The molecular weight excluding hydrogens is 391 g/mol. The molecule has 0 saturated carbocycles. The Labute approximate surface area is 180 Å². The molecule has 2 aromatic heterocycles. The molecule has 0 atom stereocenters. The quantitative estimate of drug-likeness (QED) is 0.493. The number of fused-ring (bicyclic) bond motifs is 3. The van der Waals surface area contributed by atoms with Gasteiger partial charge in [0.15, 0.2) is 0 Å². The van der Waals surface area contributed by atoms with E-state index in [4.69, 9.17) is 0 Å². The van der Waals surface area contributed by atoms with Crippen LogP contribution >= 0.6 is 0 Å². The van der Waals surface area contributed by atoms with E-state index in [1.165, 1.54) is 17.8 Å². The van der Waals surface area contributed by atoms with Gasteiger partial charge in [0.05, 0.1) is 11.0 Å². The number of hydrogen-bond acceptors (Lipinski definition) is 3. The predicted octanol–water partition coefficient (Wildman–Crippen LogP) is 3.91. The highest BCUT2D eigenvalue weighted by Crippen LogP contribution is 2.20. The summed E-state index contributed by atoms with van der Waals surface area (Å²) in [6.07, 6.45) is 0.883. The molecule has 1 aliphatic heterocycles. The summed E-state index contributed by atoms with van der Waals surface area (Å²) in [5.74, 6) is -0.289. The molecule has 0 spiro atoms. The fraction of sp³-hybridized carbons (Fsp3) is 0.320. The van der Waals surface area contributed by atoms with Crippen molar-refractivity contribution in [3.63, 3.8) is 0 Å². The second kappa shape index (κ2) is 8.19. The van der Waals surface area contributed by atoms with Gasteiger partial charge in [-0.05, 0) is 62.4 Å². The molecule has 2 aromatic carbocycles. The minimum atomic E-state index is -0.289. The molecule has 4 aromatic rings. The molecule has 1 saturated heterocycles. The molecule has 1 fully saturated rings. The zero-order valence-corrected chi connectivity index (χ0v) is 17.8. The van der Waals surface area contributed by atoms with Gasteiger partial charge in [-0.3, -0.25) is 9.69 Å². The highest BCUT2D eigenvalue weighted by atomic mass is 19.1. The molecule has 5 rings (SSSR count). The zero-order valence-electron chi connectivity index (χ0n) is 17.8. The van der Waals surface area contributed by atoms with E-state index in [1.54, 1.807) is 6.07 Å². The minimum absolute atomic E-state index is 0.0129. The summed E-state index contributed by atoms with van der Waals surface area (Å²) in [5, 5.41) is 0. The number of piperazine rings is 1. The van der Waals surface area contributed by atoms with E-state index in [0.29, 0.717) is 12.1 Å². The van der Waals surface area contributed by atoms with Crippen molar-refractivity contribution in [3.8, 4) is 0 Å². The molecule has 0 amide bonds. The van der Waals surface area contributed by atoms with Crippen molar-refractivity contribution in [1.82, 2.24) is 13.9 Å². The predicted molar refractivity (Wildman–Crippen MR) is 124 cm³/mol. The Morgan fingerprint density at radius 1 is 0.839 bits per heavy atom. The second-order valence-corrected chi connectivity index (χ2v) is 8.30. The first-order valence-corrected chi connectivity index (χ1v) is 10.9. The zero-order chi connectivity index (χ0) is 21.4. The van der Waals surface area contributed by atoms with Gasteiger partial charge in [0.25, 0.3) is 5.56 Å². The van der Waals surface area contributed by atoms with Gasteiger partial charge in [0.1, 0.15) is 11.3 Å². The molecule has 0 unspecified atom stereocenters. The lowest BCUT2D eigenvalue weighted by atomic mass is 10.2. The van der Waals surface area contributed by atoms with Crippen LogP contribution in [0.5, 0.6) is 0 Å². The third-order valence-electron chi connectivity index (χ3n) is 6.36. The molecule has 31 heavy (non-hydrogen) atoms. The largest absolute Gasteiger partial charge is 0.369 e. The topological polar surface area (TPSA) is 32.9 Å². The Hall–Kier alpha value is -3.12. The van der Waals surface area contributed by atoms with Crippen LogP contribution in [-0.2, 0) is 6.54 Å². The van der Waals surface area contributed by atoms with Crippen molar-refractivity contribution in [2.24, 2.45) is 0 Å². The molecule has 160 valence electrons. The standard InChI is InChI=1S/C25H27FN4O/c1-19-8-10-23-25(31)29(22-11-9-20(26)18-24(22)30(19)23)13-5-12-27-14-16-28(17-15-27)21-6-3-2-4-7-21/h2-4,6-11,18H,5,12-17H2,1H3. The summed E-state index contributed by atoms with van der Waals surface area (Å²) in [4.78, 5) is 18.0. The third kappa shape index (κ3) is 3.72. The first-order chi connectivity index (χ1) is 15.1. The van der Waals surface area contributed by atoms with Gasteiger partial charge in [-0.1, -0.05) is 18.2 Å². The van der Waals surface area contributed by atoms with Crippen LogP contribution in [0.1, 0.15) is 12.1 Å². The molecule has 0 radical (unpaired) electrons. The second-order valence-electron chi connectivity index (χ2n) is 8.30. The van der Waals surface area contributed by atoms with Crippen LogP contribution in [0.2, 0.25) is 0 Å². The average molecular weight is 419 g/mol. The van der Waals surface area contributed by atoms with E-state index in [2.05, 4.69) is 34.1 Å². The lowest BCUT2D eigenvalue weighted by Crippen LogP contribution is -2.46. The van der Waals surface area contributed by atoms with Crippen LogP contribution in [-0.4, -0.2) is 46.6 Å². The number of nitrogens with zero attached hydrogens (tertiary/aromatic N) is 4. The van der Waals surface area contributed by atoms with Crippen molar-refractivity contribution in [2.45, 2.75) is 19.9 Å². The number of rotatable bonds is 5. The molecule has 3 heterocycles. The molecule has 0 bridgehead atoms. The molecule has 6 heteroatoms. The van der Waals surface area contributed by atoms with Gasteiger partial charge >= 0.3 is 0 Å². The smallest absolute Gasteiger partial charge is 0.275 e. The number of aromatic nitrogens is 2. The van der Waals surface area contributed by atoms with Gasteiger partial charge in [0, 0.05) is 44.1 Å². The maximum atomic E-state index is 14.0. The van der Waals surface area contributed by atoms with E-state index in [9.17, 15) is 9.18 Å². The van der Waals surface area contributed by atoms with E-state index in [1.807, 2.05) is 34.1 Å². The molecular formula is C25H27FN4O. The van der Waals surface area contributed by atoms with Gasteiger partial charge in [0.2, 0.25) is 0 Å². The summed E-state index contributed by atoms with van der Waals surface area (Å²) in [5.41, 5.74) is 4.34. The molecule has 1 aliphatic rings. The maximum absolute atomic E-state index is 14.0. The van der Waals surface area contributed by atoms with Crippen molar-refractivity contribution in [2.75, 3.05) is 37.6 Å². The Balaban J connectivity index is 1.30. The normalized spacial score (nSPS) is 15.2. The van der Waals surface area contributed by atoms with E-state index < -0.39 is 0 Å². The summed E-state index contributed by atoms with van der Waals surface area (Å²) in [7, 11) is 0. The lowest BCUT2D eigenvalue weighted by molar-refractivity contribution is 0.250. The van der Waals surface area contributed by atoms with E-state index >= 15 is 0 Å². The van der Waals surface area contributed by atoms with Crippen molar-refractivity contribution >= 4 is 22.2 Å². The summed E-state index contributed by atoms with van der Waals surface area (Å²) in [6, 6.07) is 19.0. The Bertz CT molecular complexity index is 1270. The first kappa shape index (κ1) is 19.8. The van der Waals surface area contributed by atoms with Gasteiger partial charge in [-0.15, -0.1) is 0 Å². The molecule has 0 aliphatic carbocycles. The van der Waals surface area contributed by atoms with Crippen LogP contribution in [0, 0.1) is 12.7 Å². The maximum Gasteiger partial charge on any atom is 0.275 e. The Kier molecular flexibility index (Phi) is 5.24. The summed E-state index contributed by atoms with van der Waals surface area (Å²) >= 11 is 0. The van der Waals surface area contributed by atoms with Crippen LogP contribution in [0.3, 0.4) is 0 Å². The highest BCUT2D eigenvalue weighted by molar-refractivity contribution is 5.79. The third-order valence-corrected chi connectivity index (χ3v) is 6.36. The SMILES string of the molecule is Cc1ccc2c(=O)n(CCCN3CCN(c4ccccc4)CC3)c3ccc(F)cc3n12. The number of benzene rings is 2. The number of aryl methyl sites for hydroxylation is 2. The van der Waals surface area contributed by atoms with Gasteiger partial charge < -0.3 is 13.9 Å². The van der Waals surface area contributed by atoms with Crippen LogP contribution in [0.25, 0.3) is 16.6 Å². The first-order valence-electron chi connectivity index (χ1n) is 10.9. The Morgan fingerprint density at radius 2 is 1.58 bits per heavy atom. The summed E-state index contributed by atoms with van der Waals surface area (Å²) in [6.45, 7) is 7.59. The summed E-state index contributed by atoms with van der Waals surface area (Å²) < 4.78 is 17.6. The monoisotopic (exact) mass is 418 g/mol. The number of anilines is 1. The molecule has 5 nitrogen and oxygen atoms in total. The minimum Gasteiger partial charge on any atom is -0.369 e. The van der Waals surface area contributed by atoms with Gasteiger partial charge in [-0.25, -0.2) is 4.39 Å². The van der Waals surface area contributed by atoms with Crippen molar-refractivity contribution < 1.29 is 4.39 Å². The number of para-hydroxylation sites is 1. The molecule has 0 N–H and O–H groups in total. The van der Waals surface area contributed by atoms with Crippen LogP contribution < -0.4 is 10.5 Å². The highest BCUT2D eigenvalue weighted by Gasteiger charge is 2.17. The lowest BCUT2D eigenvalue weighted by Gasteiger charge is -2.36. The van der Waals surface area contributed by atoms with E-state index in [-0.39, 0.29) is 11.4 Å². The number of halogens is 1. The Morgan fingerprint density at radius 3 is 2.35 bits per heavy atom.